The number of aromatic amines is 2. The molecule has 7 nitrogen and oxygen atoms in total. The Hall–Kier alpha value is -1.63. The molecule has 0 saturated heterocycles. The lowest BCUT2D eigenvalue weighted by atomic mass is 10.0. The molecule has 0 aliphatic rings. The highest BCUT2D eigenvalue weighted by Gasteiger charge is 2.17. The Balaban J connectivity index is 2.75. The Labute approximate surface area is 85.6 Å². The van der Waals surface area contributed by atoms with Crippen molar-refractivity contribution in [1.29, 1.82) is 0 Å². The fourth-order valence-electron chi connectivity index (χ4n) is 0.867. The zero-order chi connectivity index (χ0) is 11.5. The summed E-state index contributed by atoms with van der Waals surface area (Å²) in [4.78, 5) is 23.8. The second kappa shape index (κ2) is 4.26. The largest absolute Gasteiger partial charge is 0.388 e. The maximum atomic E-state index is 11.2. The third-order valence-electron chi connectivity index (χ3n) is 2.11. The first kappa shape index (κ1) is 11.4. The summed E-state index contributed by atoms with van der Waals surface area (Å²) in [6.45, 7) is 3.65. The summed E-state index contributed by atoms with van der Waals surface area (Å²) in [5.74, 6) is -0.0108. The van der Waals surface area contributed by atoms with Crippen LogP contribution in [0.15, 0.2) is 9.59 Å². The molecule has 0 saturated carbocycles. The van der Waals surface area contributed by atoms with Gasteiger partial charge in [-0.1, -0.05) is 6.92 Å². The molecular formula is C8H14N4O3. The van der Waals surface area contributed by atoms with E-state index in [1.54, 1.807) is 6.92 Å². The molecule has 4 N–H and O–H groups in total. The van der Waals surface area contributed by atoms with E-state index in [0.717, 1.165) is 0 Å². The number of hydrogen-bond acceptors (Lipinski definition) is 5. The minimum atomic E-state index is -0.912. The number of H-pyrrole nitrogens is 2. The summed E-state index contributed by atoms with van der Waals surface area (Å²) < 4.78 is 0. The maximum Gasteiger partial charge on any atom is 0.342 e. The molecule has 1 atom stereocenters. The van der Waals surface area contributed by atoms with Gasteiger partial charge in [-0.25, -0.2) is 9.89 Å². The monoisotopic (exact) mass is 214 g/mol. The highest BCUT2D eigenvalue weighted by atomic mass is 16.3. The van der Waals surface area contributed by atoms with Crippen molar-refractivity contribution in [2.45, 2.75) is 25.9 Å². The van der Waals surface area contributed by atoms with Gasteiger partial charge in [0.15, 0.2) is 0 Å². The zero-order valence-electron chi connectivity index (χ0n) is 8.63. The Morgan fingerprint density at radius 1 is 1.53 bits per heavy atom. The highest BCUT2D eigenvalue weighted by molar-refractivity contribution is 5.29. The van der Waals surface area contributed by atoms with Crippen LogP contribution in [-0.2, 0) is 0 Å². The molecule has 0 amide bonds. The van der Waals surface area contributed by atoms with Gasteiger partial charge in [-0.05, 0) is 13.3 Å². The van der Waals surface area contributed by atoms with Crippen molar-refractivity contribution in [3.05, 3.63) is 20.8 Å². The molecular weight excluding hydrogens is 200 g/mol. The van der Waals surface area contributed by atoms with Gasteiger partial charge in [0.25, 0.3) is 5.56 Å². The molecule has 0 aromatic carbocycles. The van der Waals surface area contributed by atoms with Gasteiger partial charge in [0.1, 0.15) is 0 Å². The van der Waals surface area contributed by atoms with E-state index in [0.29, 0.717) is 6.42 Å². The molecule has 1 heterocycles. The number of nitrogens with zero attached hydrogens (tertiary/aromatic N) is 1. The lowest BCUT2D eigenvalue weighted by Crippen LogP contribution is -2.35. The van der Waals surface area contributed by atoms with E-state index < -0.39 is 16.9 Å². The minimum absolute atomic E-state index is 0.0108. The van der Waals surface area contributed by atoms with Crippen molar-refractivity contribution in [1.82, 2.24) is 15.2 Å². The molecule has 1 unspecified atom stereocenters. The Morgan fingerprint density at radius 2 is 2.20 bits per heavy atom. The van der Waals surface area contributed by atoms with Gasteiger partial charge in [0.2, 0.25) is 5.82 Å². The molecule has 0 spiro atoms. The second-order valence-corrected chi connectivity index (χ2v) is 3.56. The number of hydrogen-bond donors (Lipinski definition) is 4. The van der Waals surface area contributed by atoms with Crippen molar-refractivity contribution >= 4 is 5.82 Å². The van der Waals surface area contributed by atoms with E-state index in [-0.39, 0.29) is 12.4 Å². The van der Waals surface area contributed by atoms with Gasteiger partial charge in [0, 0.05) is 6.54 Å². The third kappa shape index (κ3) is 3.21. The number of anilines is 1. The average molecular weight is 214 g/mol. The first-order chi connectivity index (χ1) is 6.94. The van der Waals surface area contributed by atoms with Gasteiger partial charge in [-0.15, -0.1) is 5.10 Å². The van der Waals surface area contributed by atoms with Crippen LogP contribution in [0.4, 0.5) is 5.82 Å². The standard InChI is InChI=1S/C8H14N4O3/c1-3-8(2,15)4-9-5-6(13)10-7(14)12-11-5/h15H,3-4H2,1-2H3,(H,9,11)(H2,10,12,13,14). The number of aliphatic hydroxyl groups is 1. The zero-order valence-corrected chi connectivity index (χ0v) is 8.63. The molecule has 1 aromatic heterocycles. The quantitative estimate of drug-likeness (QED) is 0.515. The number of aromatic nitrogens is 3. The van der Waals surface area contributed by atoms with E-state index in [4.69, 9.17) is 0 Å². The Morgan fingerprint density at radius 3 is 2.73 bits per heavy atom. The molecule has 1 aromatic rings. The predicted molar refractivity (Wildman–Crippen MR) is 54.9 cm³/mol. The van der Waals surface area contributed by atoms with Crippen LogP contribution in [0.2, 0.25) is 0 Å². The van der Waals surface area contributed by atoms with Crippen molar-refractivity contribution < 1.29 is 5.11 Å². The van der Waals surface area contributed by atoms with Crippen molar-refractivity contribution in [2.75, 3.05) is 11.9 Å². The molecule has 7 heteroatoms. The molecule has 15 heavy (non-hydrogen) atoms. The van der Waals surface area contributed by atoms with Gasteiger partial charge in [0.05, 0.1) is 5.60 Å². The Kier molecular flexibility index (Phi) is 3.25. The molecule has 0 aliphatic carbocycles. The summed E-state index contributed by atoms with van der Waals surface area (Å²) in [6.07, 6.45) is 0.543. The third-order valence-corrected chi connectivity index (χ3v) is 2.11. The van der Waals surface area contributed by atoms with Gasteiger partial charge in [-0.2, -0.15) is 0 Å². The van der Waals surface area contributed by atoms with Crippen LogP contribution in [0.3, 0.4) is 0 Å². The van der Waals surface area contributed by atoms with Crippen LogP contribution < -0.4 is 16.6 Å². The maximum absolute atomic E-state index is 11.2. The predicted octanol–water partition coefficient (Wildman–Crippen LogP) is -0.969. The van der Waals surface area contributed by atoms with Gasteiger partial charge >= 0.3 is 5.69 Å². The molecule has 0 radical (unpaired) electrons. The molecule has 0 aliphatic heterocycles. The van der Waals surface area contributed by atoms with E-state index in [1.807, 2.05) is 11.9 Å². The summed E-state index contributed by atoms with van der Waals surface area (Å²) >= 11 is 0. The van der Waals surface area contributed by atoms with Gasteiger partial charge in [-0.3, -0.25) is 9.78 Å². The van der Waals surface area contributed by atoms with Gasteiger partial charge < -0.3 is 10.4 Å². The first-order valence-electron chi connectivity index (χ1n) is 4.60. The topological polar surface area (TPSA) is 111 Å². The van der Waals surface area contributed by atoms with Crippen LogP contribution in [-0.4, -0.2) is 32.4 Å². The average Bonchev–Trinajstić information content (AvgIpc) is 2.16. The van der Waals surface area contributed by atoms with E-state index in [2.05, 4.69) is 15.5 Å². The van der Waals surface area contributed by atoms with Crippen LogP contribution in [0.25, 0.3) is 0 Å². The Bertz CT molecular complexity index is 434. The molecule has 84 valence electrons. The summed E-state index contributed by atoms with van der Waals surface area (Å²) in [5.41, 5.74) is -2.18. The first-order valence-corrected chi connectivity index (χ1v) is 4.60. The van der Waals surface area contributed by atoms with Crippen molar-refractivity contribution in [3.8, 4) is 0 Å². The highest BCUT2D eigenvalue weighted by Crippen LogP contribution is 2.07. The fourth-order valence-corrected chi connectivity index (χ4v) is 0.867. The van der Waals surface area contributed by atoms with Crippen LogP contribution in [0.1, 0.15) is 20.3 Å². The second-order valence-electron chi connectivity index (χ2n) is 3.56. The van der Waals surface area contributed by atoms with Crippen LogP contribution in [0.5, 0.6) is 0 Å². The van der Waals surface area contributed by atoms with E-state index in [1.165, 1.54) is 0 Å². The van der Waals surface area contributed by atoms with Crippen LogP contribution in [0, 0.1) is 0 Å². The SMILES string of the molecule is CCC(C)(O)CNc1n[nH]c(=O)[nH]c1=O. The smallest absolute Gasteiger partial charge is 0.342 e. The van der Waals surface area contributed by atoms with Crippen molar-refractivity contribution in [3.63, 3.8) is 0 Å². The fraction of sp³-hybridized carbons (Fsp3) is 0.625. The summed E-state index contributed by atoms with van der Waals surface area (Å²) in [7, 11) is 0. The number of nitrogens with one attached hydrogen (secondary N) is 3. The summed E-state index contributed by atoms with van der Waals surface area (Å²) in [5, 5.41) is 17.9. The number of rotatable bonds is 4. The lowest BCUT2D eigenvalue weighted by Gasteiger charge is -2.21. The minimum Gasteiger partial charge on any atom is -0.388 e. The lowest BCUT2D eigenvalue weighted by molar-refractivity contribution is 0.0696. The normalized spacial score (nSPS) is 14.6. The molecule has 1 rings (SSSR count). The van der Waals surface area contributed by atoms with Crippen LogP contribution >= 0.6 is 0 Å². The van der Waals surface area contributed by atoms with Crippen molar-refractivity contribution in [2.24, 2.45) is 0 Å². The van der Waals surface area contributed by atoms with E-state index >= 15 is 0 Å². The summed E-state index contributed by atoms with van der Waals surface area (Å²) in [6, 6.07) is 0. The molecule has 0 bridgehead atoms. The van der Waals surface area contributed by atoms with E-state index in [9.17, 15) is 14.7 Å². The molecule has 0 fully saturated rings.